The van der Waals surface area contributed by atoms with Crippen LogP contribution in [-0.4, -0.2) is 52.0 Å². The number of methoxy groups -OCH3 is 1. The van der Waals surface area contributed by atoms with Crippen molar-refractivity contribution in [2.45, 2.75) is 43.0 Å². The molecule has 1 aliphatic rings. The maximum absolute atomic E-state index is 11.1. The Morgan fingerprint density at radius 1 is 1.13 bits per heavy atom. The van der Waals surface area contributed by atoms with Crippen LogP contribution in [0.15, 0.2) is 42.5 Å². The molecule has 0 spiro atoms. The van der Waals surface area contributed by atoms with Crippen LogP contribution in [0.1, 0.15) is 28.7 Å². The zero-order chi connectivity index (χ0) is 21.9. The molecule has 156 valence electrons. The molecule has 1 aliphatic heterocycles. The first-order valence-corrected chi connectivity index (χ1v) is 9.38. The standard InChI is InChI=1S/C23H23NO6/c1-3-14-4-6-15(7-5-14)12-16-13-17(8-9-18(16)29-2)23(28)22(27)21(26)20(25)19(30-23)10-11-24/h1,4-9,13,19-22,25-28H,10,12H2,2H3/t19-,20-,21+,22-,23-/m1/s1. The van der Waals surface area contributed by atoms with E-state index in [4.69, 9.17) is 21.2 Å². The predicted octanol–water partition coefficient (Wildman–Crippen LogP) is 0.808. The minimum absolute atomic E-state index is 0.167. The Morgan fingerprint density at radius 2 is 1.83 bits per heavy atom. The second-order valence-corrected chi connectivity index (χ2v) is 7.19. The average Bonchev–Trinajstić information content (AvgIpc) is 2.76. The summed E-state index contributed by atoms with van der Waals surface area (Å²) in [5, 5.41) is 50.8. The third kappa shape index (κ3) is 4.03. The quantitative estimate of drug-likeness (QED) is 0.539. The van der Waals surface area contributed by atoms with E-state index in [1.165, 1.54) is 13.2 Å². The Kier molecular flexibility index (Phi) is 6.42. The molecule has 1 heterocycles. The molecule has 2 aromatic carbocycles. The highest BCUT2D eigenvalue weighted by Gasteiger charge is 2.53. The molecule has 0 saturated carbocycles. The molecule has 0 amide bonds. The summed E-state index contributed by atoms with van der Waals surface area (Å²) in [6.45, 7) is 0. The van der Waals surface area contributed by atoms with Crippen LogP contribution in [0.5, 0.6) is 5.75 Å². The fourth-order valence-electron chi connectivity index (χ4n) is 3.58. The molecule has 0 aliphatic carbocycles. The largest absolute Gasteiger partial charge is 0.496 e. The lowest BCUT2D eigenvalue weighted by molar-refractivity contribution is -0.353. The van der Waals surface area contributed by atoms with E-state index in [-0.39, 0.29) is 12.0 Å². The zero-order valence-corrected chi connectivity index (χ0v) is 16.4. The van der Waals surface area contributed by atoms with Gasteiger partial charge in [0.15, 0.2) is 0 Å². The van der Waals surface area contributed by atoms with E-state index in [0.29, 0.717) is 17.7 Å². The molecular weight excluding hydrogens is 386 g/mol. The molecule has 1 fully saturated rings. The highest BCUT2D eigenvalue weighted by Crippen LogP contribution is 2.39. The lowest BCUT2D eigenvalue weighted by Crippen LogP contribution is -2.62. The third-order valence-corrected chi connectivity index (χ3v) is 5.29. The molecule has 0 bridgehead atoms. The number of ether oxygens (including phenoxy) is 2. The summed E-state index contributed by atoms with van der Waals surface area (Å²) in [6.07, 6.45) is -0.618. The van der Waals surface area contributed by atoms with E-state index >= 15 is 0 Å². The fraction of sp³-hybridized carbons (Fsp3) is 0.348. The van der Waals surface area contributed by atoms with Gasteiger partial charge in [-0.2, -0.15) is 5.26 Å². The molecule has 7 nitrogen and oxygen atoms in total. The lowest BCUT2D eigenvalue weighted by atomic mass is 9.86. The van der Waals surface area contributed by atoms with E-state index < -0.39 is 30.2 Å². The molecule has 30 heavy (non-hydrogen) atoms. The van der Waals surface area contributed by atoms with Crippen LogP contribution >= 0.6 is 0 Å². The number of aliphatic hydroxyl groups excluding tert-OH is 3. The number of rotatable bonds is 5. The molecule has 0 aromatic heterocycles. The Balaban J connectivity index is 1.98. The molecule has 1 saturated heterocycles. The number of nitrogens with zero attached hydrogens (tertiary/aromatic N) is 1. The van der Waals surface area contributed by atoms with Crippen molar-refractivity contribution in [2.24, 2.45) is 0 Å². The molecular formula is C23H23NO6. The first kappa shape index (κ1) is 21.8. The maximum atomic E-state index is 11.1. The molecule has 3 rings (SSSR count). The lowest BCUT2D eigenvalue weighted by Gasteiger charge is -2.45. The summed E-state index contributed by atoms with van der Waals surface area (Å²) in [6, 6.07) is 14.0. The normalized spacial score (nSPS) is 28.4. The van der Waals surface area contributed by atoms with Gasteiger partial charge in [-0.25, -0.2) is 0 Å². The second-order valence-electron chi connectivity index (χ2n) is 7.19. The van der Waals surface area contributed by atoms with Crippen LogP contribution in [0.4, 0.5) is 0 Å². The maximum Gasteiger partial charge on any atom is 0.222 e. The van der Waals surface area contributed by atoms with Crippen LogP contribution in [0.3, 0.4) is 0 Å². The molecule has 4 N–H and O–H groups in total. The zero-order valence-electron chi connectivity index (χ0n) is 16.4. The van der Waals surface area contributed by atoms with Crippen LogP contribution < -0.4 is 4.74 Å². The number of nitriles is 1. The fourth-order valence-corrected chi connectivity index (χ4v) is 3.58. The van der Waals surface area contributed by atoms with Crippen molar-refractivity contribution in [3.8, 4) is 24.2 Å². The van der Waals surface area contributed by atoms with Crippen LogP contribution in [0.2, 0.25) is 0 Å². The number of terminal acetylenes is 1. The minimum atomic E-state index is -2.31. The average molecular weight is 409 g/mol. The van der Waals surface area contributed by atoms with Gasteiger partial charge in [0, 0.05) is 17.5 Å². The van der Waals surface area contributed by atoms with Crippen molar-refractivity contribution < 1.29 is 29.9 Å². The first-order valence-electron chi connectivity index (χ1n) is 9.38. The molecule has 5 atom stereocenters. The summed E-state index contributed by atoms with van der Waals surface area (Å²) in [7, 11) is 1.52. The van der Waals surface area contributed by atoms with Gasteiger partial charge >= 0.3 is 0 Å². The van der Waals surface area contributed by atoms with Gasteiger partial charge in [0.05, 0.1) is 19.6 Å². The van der Waals surface area contributed by atoms with Crippen LogP contribution in [0.25, 0.3) is 0 Å². The summed E-state index contributed by atoms with van der Waals surface area (Å²) < 4.78 is 10.9. The van der Waals surface area contributed by atoms with E-state index in [0.717, 1.165) is 11.1 Å². The third-order valence-electron chi connectivity index (χ3n) is 5.29. The SMILES string of the molecule is C#Cc1ccc(Cc2cc([C@@]3(O)O[C@H](CC#N)[C@@H](O)[C@H](O)[C@H]3O)ccc2OC)cc1. The van der Waals surface area contributed by atoms with Gasteiger partial charge < -0.3 is 29.9 Å². The highest BCUT2D eigenvalue weighted by molar-refractivity contribution is 5.43. The number of aliphatic hydroxyl groups is 4. The second kappa shape index (κ2) is 8.85. The highest BCUT2D eigenvalue weighted by atomic mass is 16.7. The van der Waals surface area contributed by atoms with Gasteiger partial charge in [-0.3, -0.25) is 0 Å². The number of hydrogen-bond acceptors (Lipinski definition) is 7. The topological polar surface area (TPSA) is 123 Å². The Labute approximate surface area is 174 Å². The van der Waals surface area contributed by atoms with Crippen molar-refractivity contribution in [3.63, 3.8) is 0 Å². The smallest absolute Gasteiger partial charge is 0.222 e. The van der Waals surface area contributed by atoms with E-state index in [2.05, 4.69) is 5.92 Å². The summed E-state index contributed by atoms with van der Waals surface area (Å²) >= 11 is 0. The summed E-state index contributed by atoms with van der Waals surface area (Å²) in [5.41, 5.74) is 2.56. The van der Waals surface area contributed by atoms with Crippen molar-refractivity contribution in [1.29, 1.82) is 5.26 Å². The van der Waals surface area contributed by atoms with Crippen molar-refractivity contribution in [2.75, 3.05) is 7.11 Å². The predicted molar refractivity (Wildman–Crippen MR) is 107 cm³/mol. The minimum Gasteiger partial charge on any atom is -0.496 e. The van der Waals surface area contributed by atoms with E-state index in [1.807, 2.05) is 30.3 Å². The van der Waals surface area contributed by atoms with E-state index in [1.54, 1.807) is 12.1 Å². The number of hydrogen-bond donors (Lipinski definition) is 4. The van der Waals surface area contributed by atoms with Gasteiger partial charge in [-0.05, 0) is 41.5 Å². The summed E-state index contributed by atoms with van der Waals surface area (Å²) in [5.74, 6) is 0.803. The van der Waals surface area contributed by atoms with Crippen LogP contribution in [-0.2, 0) is 16.9 Å². The van der Waals surface area contributed by atoms with E-state index in [9.17, 15) is 20.4 Å². The van der Waals surface area contributed by atoms with Gasteiger partial charge in [-0.1, -0.05) is 18.1 Å². The first-order chi connectivity index (χ1) is 14.3. The molecule has 2 aromatic rings. The Hall–Kier alpha value is -2.91. The van der Waals surface area contributed by atoms with Gasteiger partial charge in [0.2, 0.25) is 5.79 Å². The Bertz CT molecular complexity index is 977. The summed E-state index contributed by atoms with van der Waals surface area (Å²) in [4.78, 5) is 0. The number of benzene rings is 2. The Morgan fingerprint density at radius 3 is 2.43 bits per heavy atom. The van der Waals surface area contributed by atoms with Gasteiger partial charge in [0.1, 0.15) is 30.2 Å². The van der Waals surface area contributed by atoms with Crippen LogP contribution in [0, 0.1) is 23.7 Å². The van der Waals surface area contributed by atoms with Crippen molar-refractivity contribution in [1.82, 2.24) is 0 Å². The van der Waals surface area contributed by atoms with Crippen molar-refractivity contribution >= 4 is 0 Å². The molecule has 0 radical (unpaired) electrons. The molecule has 7 heteroatoms. The van der Waals surface area contributed by atoms with Gasteiger partial charge in [0.25, 0.3) is 0 Å². The molecule has 0 unspecified atom stereocenters. The monoisotopic (exact) mass is 409 g/mol. The van der Waals surface area contributed by atoms with Crippen molar-refractivity contribution in [3.05, 3.63) is 64.7 Å². The van der Waals surface area contributed by atoms with Gasteiger partial charge in [-0.15, -0.1) is 6.42 Å².